The van der Waals surface area contributed by atoms with E-state index in [4.69, 9.17) is 22.1 Å². The molecule has 0 saturated carbocycles. The van der Waals surface area contributed by atoms with Gasteiger partial charge in [0.2, 0.25) is 0 Å². The molecular formula is C16H19ClN2O. The number of benzene rings is 1. The van der Waals surface area contributed by atoms with Crippen LogP contribution in [0, 0.1) is 27.7 Å². The minimum atomic E-state index is 0.403. The number of aromatic nitrogens is 1. The number of halogens is 1. The molecule has 0 amide bonds. The van der Waals surface area contributed by atoms with Gasteiger partial charge in [-0.3, -0.25) is 4.98 Å². The smallest absolute Gasteiger partial charge is 0.135 e. The molecule has 2 rings (SSSR count). The van der Waals surface area contributed by atoms with Crippen LogP contribution in [0.1, 0.15) is 28.1 Å². The first-order valence-electron chi connectivity index (χ1n) is 6.54. The third-order valence-corrected chi connectivity index (χ3v) is 3.86. The van der Waals surface area contributed by atoms with Crippen molar-refractivity contribution < 1.29 is 4.74 Å². The Morgan fingerprint density at radius 3 is 2.25 bits per heavy atom. The van der Waals surface area contributed by atoms with Crippen molar-refractivity contribution in [2.45, 2.75) is 34.2 Å². The summed E-state index contributed by atoms with van der Waals surface area (Å²) >= 11 is 6.18. The second kappa shape index (κ2) is 5.81. The van der Waals surface area contributed by atoms with Gasteiger partial charge in [-0.05, 0) is 51.0 Å². The minimum Gasteiger partial charge on any atom is -0.457 e. The Morgan fingerprint density at radius 1 is 1.10 bits per heavy atom. The van der Waals surface area contributed by atoms with Crippen LogP contribution in [0.2, 0.25) is 5.02 Å². The molecular weight excluding hydrogens is 272 g/mol. The molecule has 1 aromatic carbocycles. The Labute approximate surface area is 124 Å². The van der Waals surface area contributed by atoms with E-state index in [1.54, 1.807) is 0 Å². The highest BCUT2D eigenvalue weighted by molar-refractivity contribution is 6.32. The van der Waals surface area contributed by atoms with Crippen molar-refractivity contribution in [2.24, 2.45) is 5.73 Å². The number of ether oxygens (including phenoxy) is 1. The number of nitrogens with two attached hydrogens (primary N) is 1. The fourth-order valence-electron chi connectivity index (χ4n) is 2.25. The third-order valence-electron chi connectivity index (χ3n) is 3.26. The lowest BCUT2D eigenvalue weighted by molar-refractivity contribution is 0.473. The Kier molecular flexibility index (Phi) is 4.31. The summed E-state index contributed by atoms with van der Waals surface area (Å²) in [5.74, 6) is 1.53. The SMILES string of the molecule is Cc1cc(Oc2cc(C)c(Cl)c(C)c2)c(CN)c(C)n1. The highest BCUT2D eigenvalue weighted by Crippen LogP contribution is 2.31. The molecule has 4 heteroatoms. The summed E-state index contributed by atoms with van der Waals surface area (Å²) in [6.07, 6.45) is 0. The summed E-state index contributed by atoms with van der Waals surface area (Å²) in [5.41, 5.74) is 10.5. The van der Waals surface area contributed by atoms with E-state index in [-0.39, 0.29) is 0 Å². The zero-order chi connectivity index (χ0) is 14.9. The van der Waals surface area contributed by atoms with E-state index < -0.39 is 0 Å². The van der Waals surface area contributed by atoms with Gasteiger partial charge in [-0.25, -0.2) is 0 Å². The molecule has 0 radical (unpaired) electrons. The van der Waals surface area contributed by atoms with Gasteiger partial charge < -0.3 is 10.5 Å². The van der Waals surface area contributed by atoms with Crippen LogP contribution in [0.4, 0.5) is 0 Å². The van der Waals surface area contributed by atoms with E-state index in [2.05, 4.69) is 4.98 Å². The number of nitrogens with zero attached hydrogens (tertiary/aromatic N) is 1. The highest BCUT2D eigenvalue weighted by Gasteiger charge is 2.11. The van der Waals surface area contributed by atoms with Crippen LogP contribution in [0.3, 0.4) is 0 Å². The third kappa shape index (κ3) is 2.94. The summed E-state index contributed by atoms with van der Waals surface area (Å²) in [4.78, 5) is 4.41. The molecule has 3 nitrogen and oxygen atoms in total. The maximum Gasteiger partial charge on any atom is 0.135 e. The van der Waals surface area contributed by atoms with Gasteiger partial charge in [0, 0.05) is 34.6 Å². The van der Waals surface area contributed by atoms with Crippen molar-refractivity contribution in [1.82, 2.24) is 4.98 Å². The van der Waals surface area contributed by atoms with E-state index in [0.717, 1.165) is 44.6 Å². The van der Waals surface area contributed by atoms with Crippen molar-refractivity contribution in [3.8, 4) is 11.5 Å². The van der Waals surface area contributed by atoms with E-state index in [9.17, 15) is 0 Å². The van der Waals surface area contributed by atoms with Gasteiger partial charge >= 0.3 is 0 Å². The Bertz CT molecular complexity index is 630. The zero-order valence-electron chi connectivity index (χ0n) is 12.2. The molecule has 0 fully saturated rings. The van der Waals surface area contributed by atoms with Crippen molar-refractivity contribution in [3.05, 3.63) is 51.3 Å². The summed E-state index contributed by atoms with van der Waals surface area (Å²) in [7, 11) is 0. The van der Waals surface area contributed by atoms with Crippen LogP contribution in [0.15, 0.2) is 18.2 Å². The molecule has 0 aliphatic carbocycles. The van der Waals surface area contributed by atoms with Crippen LogP contribution in [0.25, 0.3) is 0 Å². The lowest BCUT2D eigenvalue weighted by atomic mass is 10.1. The number of hydrogen-bond acceptors (Lipinski definition) is 3. The zero-order valence-corrected chi connectivity index (χ0v) is 13.0. The molecule has 0 spiro atoms. The summed E-state index contributed by atoms with van der Waals surface area (Å²) in [6, 6.07) is 5.77. The molecule has 106 valence electrons. The fourth-order valence-corrected chi connectivity index (χ4v) is 2.36. The maximum absolute atomic E-state index is 6.18. The Hall–Kier alpha value is -1.58. The maximum atomic E-state index is 6.18. The Balaban J connectivity index is 2.44. The summed E-state index contributed by atoms with van der Waals surface area (Å²) in [5, 5.41) is 0.776. The topological polar surface area (TPSA) is 48.1 Å². The molecule has 20 heavy (non-hydrogen) atoms. The van der Waals surface area contributed by atoms with E-state index >= 15 is 0 Å². The lowest BCUT2D eigenvalue weighted by Gasteiger charge is -2.14. The first-order chi connectivity index (χ1) is 9.42. The molecule has 2 aromatic rings. The summed E-state index contributed by atoms with van der Waals surface area (Å²) < 4.78 is 6.00. The minimum absolute atomic E-state index is 0.403. The first kappa shape index (κ1) is 14.8. The molecule has 2 N–H and O–H groups in total. The van der Waals surface area contributed by atoms with Gasteiger partial charge in [0.05, 0.1) is 0 Å². The molecule has 1 heterocycles. The standard InChI is InChI=1S/C16H19ClN2O/c1-9-5-13(6-10(2)16(9)17)20-15-7-11(3)19-12(4)14(15)8-18/h5-7H,8,18H2,1-4H3. The molecule has 0 atom stereocenters. The van der Waals surface area contributed by atoms with Gasteiger partial charge in [0.1, 0.15) is 11.5 Å². The highest BCUT2D eigenvalue weighted by atomic mass is 35.5. The molecule has 0 unspecified atom stereocenters. The van der Waals surface area contributed by atoms with E-state index in [0.29, 0.717) is 6.54 Å². The van der Waals surface area contributed by atoms with Gasteiger partial charge in [-0.15, -0.1) is 0 Å². The largest absolute Gasteiger partial charge is 0.457 e. The van der Waals surface area contributed by atoms with Crippen LogP contribution in [-0.2, 0) is 6.54 Å². The number of rotatable bonds is 3. The Morgan fingerprint density at radius 2 is 1.70 bits per heavy atom. The molecule has 0 aliphatic heterocycles. The number of pyridine rings is 1. The number of aryl methyl sites for hydroxylation is 4. The molecule has 0 saturated heterocycles. The van der Waals surface area contributed by atoms with E-state index in [1.807, 2.05) is 45.9 Å². The van der Waals surface area contributed by atoms with Gasteiger partial charge in [0.15, 0.2) is 0 Å². The second-order valence-corrected chi connectivity index (χ2v) is 5.38. The average Bonchev–Trinajstić information content (AvgIpc) is 2.35. The van der Waals surface area contributed by atoms with Crippen molar-refractivity contribution >= 4 is 11.6 Å². The van der Waals surface area contributed by atoms with Crippen LogP contribution >= 0.6 is 11.6 Å². The van der Waals surface area contributed by atoms with Crippen LogP contribution in [0.5, 0.6) is 11.5 Å². The molecule has 1 aromatic heterocycles. The predicted molar refractivity (Wildman–Crippen MR) is 82.6 cm³/mol. The van der Waals surface area contributed by atoms with Gasteiger partial charge in [0.25, 0.3) is 0 Å². The van der Waals surface area contributed by atoms with Crippen LogP contribution in [-0.4, -0.2) is 4.98 Å². The fraction of sp³-hybridized carbons (Fsp3) is 0.312. The predicted octanol–water partition coefficient (Wildman–Crippen LogP) is 4.22. The van der Waals surface area contributed by atoms with Crippen molar-refractivity contribution in [3.63, 3.8) is 0 Å². The average molecular weight is 291 g/mol. The van der Waals surface area contributed by atoms with Gasteiger partial charge in [-0.2, -0.15) is 0 Å². The molecule has 0 bridgehead atoms. The lowest BCUT2D eigenvalue weighted by Crippen LogP contribution is -2.05. The van der Waals surface area contributed by atoms with Crippen molar-refractivity contribution in [2.75, 3.05) is 0 Å². The normalized spacial score (nSPS) is 10.7. The first-order valence-corrected chi connectivity index (χ1v) is 6.92. The second-order valence-electron chi connectivity index (χ2n) is 5.00. The summed E-state index contributed by atoms with van der Waals surface area (Å²) in [6.45, 7) is 8.23. The monoisotopic (exact) mass is 290 g/mol. The number of hydrogen-bond donors (Lipinski definition) is 1. The molecule has 0 aliphatic rings. The quantitative estimate of drug-likeness (QED) is 0.920. The van der Waals surface area contributed by atoms with E-state index in [1.165, 1.54) is 0 Å². The van der Waals surface area contributed by atoms with Crippen LogP contribution < -0.4 is 10.5 Å². The van der Waals surface area contributed by atoms with Gasteiger partial charge in [-0.1, -0.05) is 11.6 Å². The van der Waals surface area contributed by atoms with Crippen molar-refractivity contribution in [1.29, 1.82) is 0 Å².